The molecule has 0 aromatic heterocycles. The quantitative estimate of drug-likeness (QED) is 0.240. The summed E-state index contributed by atoms with van der Waals surface area (Å²) in [5, 5.41) is 17.9. The topological polar surface area (TPSA) is 93.0 Å². The molecule has 6 heteroatoms. The summed E-state index contributed by atoms with van der Waals surface area (Å²) < 4.78 is 0. The van der Waals surface area contributed by atoms with Gasteiger partial charge in [0.2, 0.25) is 0 Å². The summed E-state index contributed by atoms with van der Waals surface area (Å²) >= 11 is 0. The van der Waals surface area contributed by atoms with Crippen molar-refractivity contribution in [3.63, 3.8) is 0 Å². The van der Waals surface area contributed by atoms with Gasteiger partial charge in [0.15, 0.2) is 0 Å². The molecule has 13 heavy (non-hydrogen) atoms. The van der Waals surface area contributed by atoms with Crippen LogP contribution in [0.1, 0.15) is 5.56 Å². The van der Waals surface area contributed by atoms with Gasteiger partial charge in [-0.3, -0.25) is 10.1 Å². The zero-order valence-corrected chi connectivity index (χ0v) is 7.81. The van der Waals surface area contributed by atoms with Crippen LogP contribution in [-0.2, 0) is 0 Å². The minimum atomic E-state index is -0.505. The highest BCUT2D eigenvalue weighted by molar-refractivity contribution is 7.28. The summed E-state index contributed by atoms with van der Waals surface area (Å²) in [6.45, 7) is 0. The number of nitro groups is 1. The molecule has 0 bridgehead atoms. The van der Waals surface area contributed by atoms with E-state index >= 15 is 0 Å². The van der Waals surface area contributed by atoms with E-state index in [1.165, 1.54) is 12.1 Å². The Morgan fingerprint density at radius 1 is 1.62 bits per heavy atom. The summed E-state index contributed by atoms with van der Waals surface area (Å²) in [5.41, 5.74) is 6.20. The van der Waals surface area contributed by atoms with Crippen LogP contribution in [0.3, 0.4) is 0 Å². The molecule has 1 unspecified atom stereocenters. The van der Waals surface area contributed by atoms with Gasteiger partial charge >= 0.3 is 0 Å². The van der Waals surface area contributed by atoms with Crippen molar-refractivity contribution in [2.24, 2.45) is 0 Å². The molecule has 0 radical (unpaired) electrons. The van der Waals surface area contributed by atoms with Crippen molar-refractivity contribution in [2.45, 2.75) is 0 Å². The molecule has 0 aliphatic carbocycles. The van der Waals surface area contributed by atoms with Crippen LogP contribution in [0.4, 0.5) is 11.4 Å². The molecule has 0 spiro atoms. The highest BCUT2D eigenvalue weighted by atomic mass is 31.0. The van der Waals surface area contributed by atoms with Gasteiger partial charge in [-0.25, -0.2) is 0 Å². The second-order valence-corrected chi connectivity index (χ2v) is 3.06. The van der Waals surface area contributed by atoms with E-state index in [-0.39, 0.29) is 5.69 Å². The van der Waals surface area contributed by atoms with Crippen LogP contribution in [0.5, 0.6) is 0 Å². The molecule has 3 N–H and O–H groups in total. The fourth-order valence-electron chi connectivity index (χ4n) is 0.922. The molecule has 0 aliphatic rings. The first-order valence-corrected chi connectivity index (χ1v) is 3.98. The average Bonchev–Trinajstić information content (AvgIpc) is 2.03. The first-order chi connectivity index (χ1) is 6.06. The molecule has 1 rings (SSSR count). The maximum Gasteiger partial charge on any atom is 0.277 e. The molecule has 0 amide bonds. The lowest BCUT2D eigenvalue weighted by Gasteiger charge is -2.01. The number of nitrogens with zero attached hydrogens (tertiary/aromatic N) is 1. The van der Waals surface area contributed by atoms with Gasteiger partial charge < -0.3 is 11.1 Å². The van der Waals surface area contributed by atoms with E-state index in [1.807, 2.05) is 0 Å². The van der Waals surface area contributed by atoms with Gasteiger partial charge in [0.05, 0.1) is 4.92 Å². The zero-order chi connectivity index (χ0) is 10.0. The first kappa shape index (κ1) is 9.61. The Morgan fingerprint density at radius 3 is 2.69 bits per heavy atom. The third kappa shape index (κ3) is 1.81. The first-order valence-electron chi connectivity index (χ1n) is 3.40. The van der Waals surface area contributed by atoms with Crippen LogP contribution in [0, 0.1) is 15.5 Å². The zero-order valence-electron chi connectivity index (χ0n) is 6.65. The van der Waals surface area contributed by atoms with Crippen LogP contribution in [0.25, 0.3) is 0 Å². The monoisotopic (exact) mass is 197 g/mol. The van der Waals surface area contributed by atoms with Gasteiger partial charge in [0.25, 0.3) is 5.69 Å². The molecule has 0 saturated heterocycles. The standard InChI is InChI=1S/C7H8N3O2P/c8-3-4-1-6(10(11)12)7(13)2-5(4)9/h1-3,8H,9,13H2. The molecule has 0 fully saturated rings. The third-order valence-corrected chi connectivity index (χ3v) is 2.05. The number of nitro benzene ring substituents is 1. The minimum Gasteiger partial charge on any atom is -0.398 e. The Bertz CT molecular complexity index is 378. The van der Waals surface area contributed by atoms with Crippen molar-refractivity contribution >= 4 is 32.1 Å². The fraction of sp³-hybridized carbons (Fsp3) is 0. The van der Waals surface area contributed by atoms with E-state index in [9.17, 15) is 10.1 Å². The Morgan fingerprint density at radius 2 is 2.23 bits per heavy atom. The molecule has 0 heterocycles. The van der Waals surface area contributed by atoms with Gasteiger partial charge in [-0.2, -0.15) is 0 Å². The maximum atomic E-state index is 10.5. The van der Waals surface area contributed by atoms with Crippen molar-refractivity contribution in [2.75, 3.05) is 5.73 Å². The summed E-state index contributed by atoms with van der Waals surface area (Å²) in [6, 6.07) is 2.74. The van der Waals surface area contributed by atoms with Gasteiger partial charge in [0.1, 0.15) is 0 Å². The maximum absolute atomic E-state index is 10.5. The molecule has 1 aromatic carbocycles. The van der Waals surface area contributed by atoms with Gasteiger partial charge in [-0.15, -0.1) is 0 Å². The smallest absolute Gasteiger partial charge is 0.277 e. The van der Waals surface area contributed by atoms with Crippen molar-refractivity contribution in [1.29, 1.82) is 5.41 Å². The number of nitrogens with one attached hydrogen (secondary N) is 1. The fourth-order valence-corrected chi connectivity index (χ4v) is 1.29. The SMILES string of the molecule is N=Cc1cc([N+](=O)[O-])c(P)cc1N. The third-order valence-electron chi connectivity index (χ3n) is 1.58. The Hall–Kier alpha value is -1.48. The second-order valence-electron chi connectivity index (χ2n) is 2.44. The van der Waals surface area contributed by atoms with E-state index in [2.05, 4.69) is 9.24 Å². The van der Waals surface area contributed by atoms with Crippen LogP contribution in [0.2, 0.25) is 0 Å². The molecular weight excluding hydrogens is 189 g/mol. The second kappa shape index (κ2) is 3.49. The van der Waals surface area contributed by atoms with E-state index < -0.39 is 4.92 Å². The number of rotatable bonds is 2. The predicted octanol–water partition coefficient (Wildman–Crippen LogP) is 0.675. The number of hydrogen-bond donors (Lipinski definition) is 2. The van der Waals surface area contributed by atoms with Crippen LogP contribution < -0.4 is 11.0 Å². The normalized spacial score (nSPS) is 9.62. The highest BCUT2D eigenvalue weighted by Gasteiger charge is 2.12. The Kier molecular flexibility index (Phi) is 2.58. The largest absolute Gasteiger partial charge is 0.398 e. The lowest BCUT2D eigenvalue weighted by atomic mass is 10.2. The molecule has 5 nitrogen and oxygen atoms in total. The molecule has 68 valence electrons. The molecular formula is C7H8N3O2P. The van der Waals surface area contributed by atoms with Crippen molar-refractivity contribution in [3.8, 4) is 0 Å². The number of anilines is 1. The van der Waals surface area contributed by atoms with Crippen LogP contribution >= 0.6 is 9.24 Å². The van der Waals surface area contributed by atoms with Crippen molar-refractivity contribution < 1.29 is 4.92 Å². The molecule has 1 atom stereocenters. The number of benzene rings is 1. The molecule has 0 aliphatic heterocycles. The van der Waals surface area contributed by atoms with E-state index in [4.69, 9.17) is 11.1 Å². The minimum absolute atomic E-state index is 0.0438. The lowest BCUT2D eigenvalue weighted by molar-refractivity contribution is -0.383. The van der Waals surface area contributed by atoms with Gasteiger partial charge in [-0.1, -0.05) is 9.24 Å². The summed E-state index contributed by atoms with van der Waals surface area (Å²) in [4.78, 5) is 9.97. The summed E-state index contributed by atoms with van der Waals surface area (Å²) in [5.74, 6) is 0. The van der Waals surface area contributed by atoms with Gasteiger partial charge in [0, 0.05) is 28.8 Å². The number of nitrogen functional groups attached to an aromatic ring is 1. The van der Waals surface area contributed by atoms with Crippen molar-refractivity contribution in [1.82, 2.24) is 0 Å². The Balaban J connectivity index is 3.38. The number of nitrogens with two attached hydrogens (primary N) is 1. The van der Waals surface area contributed by atoms with E-state index in [0.717, 1.165) is 6.21 Å². The number of hydrogen-bond acceptors (Lipinski definition) is 4. The molecule has 0 saturated carbocycles. The van der Waals surface area contributed by atoms with E-state index in [1.54, 1.807) is 0 Å². The predicted molar refractivity (Wildman–Crippen MR) is 54.7 cm³/mol. The molecule has 1 aromatic rings. The van der Waals surface area contributed by atoms with Crippen molar-refractivity contribution in [3.05, 3.63) is 27.8 Å². The van der Waals surface area contributed by atoms with Crippen LogP contribution in [-0.4, -0.2) is 11.1 Å². The van der Waals surface area contributed by atoms with E-state index in [0.29, 0.717) is 16.6 Å². The highest BCUT2D eigenvalue weighted by Crippen LogP contribution is 2.18. The Labute approximate surface area is 76.8 Å². The average molecular weight is 197 g/mol. The lowest BCUT2D eigenvalue weighted by Crippen LogP contribution is -2.06. The summed E-state index contributed by atoms with van der Waals surface area (Å²) in [7, 11) is 2.24. The summed E-state index contributed by atoms with van der Waals surface area (Å²) in [6.07, 6.45) is 0.992. The van der Waals surface area contributed by atoms with Crippen LogP contribution in [0.15, 0.2) is 12.1 Å². The van der Waals surface area contributed by atoms with Gasteiger partial charge in [-0.05, 0) is 6.07 Å².